The molecule has 1 atom stereocenters. The Morgan fingerprint density at radius 3 is 2.53 bits per heavy atom. The third kappa shape index (κ3) is 2.87. The molecule has 0 spiro atoms. The highest BCUT2D eigenvalue weighted by Crippen LogP contribution is 2.24. The summed E-state index contributed by atoms with van der Waals surface area (Å²) < 4.78 is 0. The molecule has 1 aliphatic rings. The Morgan fingerprint density at radius 2 is 2.00 bits per heavy atom. The molecule has 0 heterocycles. The van der Waals surface area contributed by atoms with E-state index >= 15 is 0 Å². The Labute approximate surface area is 104 Å². The summed E-state index contributed by atoms with van der Waals surface area (Å²) in [6, 6.07) is 8.57. The number of nitrogens with zero attached hydrogens (tertiary/aromatic N) is 1. The molecule has 0 N–H and O–H groups in total. The van der Waals surface area contributed by atoms with Crippen LogP contribution < -0.4 is 4.90 Å². The van der Waals surface area contributed by atoms with E-state index in [4.69, 9.17) is 0 Å². The number of ketones is 1. The quantitative estimate of drug-likeness (QED) is 0.793. The van der Waals surface area contributed by atoms with Crippen molar-refractivity contribution in [3.63, 3.8) is 0 Å². The first-order valence-corrected chi connectivity index (χ1v) is 6.55. The Balaban J connectivity index is 2.05. The molecule has 2 rings (SSSR count). The van der Waals surface area contributed by atoms with Crippen LogP contribution in [0.25, 0.3) is 0 Å². The van der Waals surface area contributed by atoms with Crippen molar-refractivity contribution in [2.75, 3.05) is 18.0 Å². The van der Waals surface area contributed by atoms with Crippen LogP contribution in [-0.4, -0.2) is 18.9 Å². The Morgan fingerprint density at radius 1 is 1.29 bits per heavy atom. The molecule has 1 fully saturated rings. The van der Waals surface area contributed by atoms with Gasteiger partial charge in [0.1, 0.15) is 5.78 Å². The zero-order chi connectivity index (χ0) is 12.3. The second-order valence-electron chi connectivity index (χ2n) is 4.93. The third-order valence-electron chi connectivity index (χ3n) is 3.65. The molecule has 2 heteroatoms. The lowest BCUT2D eigenvalue weighted by molar-refractivity contribution is -0.120. The van der Waals surface area contributed by atoms with Gasteiger partial charge in [0.15, 0.2) is 0 Å². The number of anilines is 1. The summed E-state index contributed by atoms with van der Waals surface area (Å²) in [5.41, 5.74) is 2.51. The lowest BCUT2D eigenvalue weighted by atomic mass is 10.1. The number of carbonyl (C=O) groups is 1. The summed E-state index contributed by atoms with van der Waals surface area (Å²) in [4.78, 5) is 14.0. The summed E-state index contributed by atoms with van der Waals surface area (Å²) >= 11 is 0. The number of carbonyl (C=O) groups excluding carboxylic acids is 1. The maximum Gasteiger partial charge on any atom is 0.137 e. The molecule has 1 aromatic carbocycles. The van der Waals surface area contributed by atoms with Crippen molar-refractivity contribution < 1.29 is 4.79 Å². The van der Waals surface area contributed by atoms with E-state index in [1.165, 1.54) is 11.3 Å². The van der Waals surface area contributed by atoms with Gasteiger partial charge in [-0.25, -0.2) is 0 Å². The lowest BCUT2D eigenvalue weighted by Gasteiger charge is -2.26. The minimum absolute atomic E-state index is 0.260. The molecule has 0 amide bonds. The van der Waals surface area contributed by atoms with E-state index in [9.17, 15) is 4.79 Å². The molecule has 0 aromatic heterocycles. The summed E-state index contributed by atoms with van der Waals surface area (Å²) in [5, 5.41) is 0. The first-order chi connectivity index (χ1) is 8.20. The van der Waals surface area contributed by atoms with Gasteiger partial charge >= 0.3 is 0 Å². The largest absolute Gasteiger partial charge is 0.371 e. The van der Waals surface area contributed by atoms with E-state index < -0.39 is 0 Å². The van der Waals surface area contributed by atoms with Crippen molar-refractivity contribution in [2.45, 2.75) is 33.1 Å². The van der Waals surface area contributed by atoms with E-state index in [-0.39, 0.29) is 5.92 Å². The highest BCUT2D eigenvalue weighted by molar-refractivity contribution is 5.83. The van der Waals surface area contributed by atoms with Crippen molar-refractivity contribution >= 4 is 11.5 Å². The van der Waals surface area contributed by atoms with Gasteiger partial charge in [0.25, 0.3) is 0 Å². The van der Waals surface area contributed by atoms with Gasteiger partial charge in [-0.1, -0.05) is 17.7 Å². The molecular formula is C15H21NO. The van der Waals surface area contributed by atoms with Crippen LogP contribution in [-0.2, 0) is 4.79 Å². The number of hydrogen-bond donors (Lipinski definition) is 0. The lowest BCUT2D eigenvalue weighted by Crippen LogP contribution is -2.31. The third-order valence-corrected chi connectivity index (χ3v) is 3.65. The van der Waals surface area contributed by atoms with Crippen LogP contribution in [0, 0.1) is 12.8 Å². The number of Topliss-reactive ketones (excluding diaryl/α,β-unsaturated/α-hetero) is 1. The zero-order valence-corrected chi connectivity index (χ0v) is 10.8. The molecule has 0 bridgehead atoms. The van der Waals surface area contributed by atoms with Crippen LogP contribution in [0.15, 0.2) is 24.3 Å². The van der Waals surface area contributed by atoms with Gasteiger partial charge in [-0.2, -0.15) is 0 Å². The van der Waals surface area contributed by atoms with Gasteiger partial charge in [0.05, 0.1) is 0 Å². The van der Waals surface area contributed by atoms with Crippen LogP contribution in [0.3, 0.4) is 0 Å². The van der Waals surface area contributed by atoms with E-state index in [0.29, 0.717) is 5.78 Å². The standard InChI is InChI=1S/C15H21NO/c1-3-16(11-13-5-4-6-15(13)17)14-9-7-12(2)8-10-14/h7-10,13H,3-6,11H2,1-2H3. The fraction of sp³-hybridized carbons (Fsp3) is 0.533. The first kappa shape index (κ1) is 12.2. The maximum absolute atomic E-state index is 11.7. The van der Waals surface area contributed by atoms with E-state index in [1.807, 2.05) is 0 Å². The second kappa shape index (κ2) is 5.35. The fourth-order valence-electron chi connectivity index (χ4n) is 2.52. The number of hydrogen-bond acceptors (Lipinski definition) is 2. The molecule has 1 saturated carbocycles. The average molecular weight is 231 g/mol. The molecular weight excluding hydrogens is 210 g/mol. The van der Waals surface area contributed by atoms with Gasteiger partial charge in [0.2, 0.25) is 0 Å². The molecule has 1 aromatic rings. The summed E-state index contributed by atoms with van der Waals surface area (Å²) in [7, 11) is 0. The monoisotopic (exact) mass is 231 g/mol. The van der Waals surface area contributed by atoms with Gasteiger partial charge in [-0.05, 0) is 38.8 Å². The van der Waals surface area contributed by atoms with E-state index in [0.717, 1.165) is 32.4 Å². The Bertz CT molecular complexity index is 382. The smallest absolute Gasteiger partial charge is 0.137 e. The molecule has 92 valence electrons. The molecule has 0 aliphatic heterocycles. The Hall–Kier alpha value is -1.31. The van der Waals surface area contributed by atoms with Crippen LogP contribution >= 0.6 is 0 Å². The zero-order valence-electron chi connectivity index (χ0n) is 10.8. The topological polar surface area (TPSA) is 20.3 Å². The molecule has 17 heavy (non-hydrogen) atoms. The number of aryl methyl sites for hydroxylation is 1. The molecule has 0 saturated heterocycles. The van der Waals surface area contributed by atoms with Gasteiger partial charge in [-0.15, -0.1) is 0 Å². The van der Waals surface area contributed by atoms with E-state index in [1.54, 1.807) is 0 Å². The predicted molar refractivity (Wildman–Crippen MR) is 71.4 cm³/mol. The van der Waals surface area contributed by atoms with Crippen LogP contribution in [0.2, 0.25) is 0 Å². The van der Waals surface area contributed by atoms with E-state index in [2.05, 4.69) is 43.0 Å². The molecule has 1 aliphatic carbocycles. The van der Waals surface area contributed by atoms with Crippen molar-refractivity contribution in [1.29, 1.82) is 0 Å². The normalized spacial score (nSPS) is 19.6. The first-order valence-electron chi connectivity index (χ1n) is 6.55. The highest BCUT2D eigenvalue weighted by atomic mass is 16.1. The summed E-state index contributed by atoms with van der Waals surface area (Å²) in [6.07, 6.45) is 2.94. The molecule has 2 nitrogen and oxygen atoms in total. The van der Waals surface area contributed by atoms with Crippen molar-refractivity contribution in [3.8, 4) is 0 Å². The van der Waals surface area contributed by atoms with Crippen LogP contribution in [0.4, 0.5) is 5.69 Å². The van der Waals surface area contributed by atoms with Gasteiger partial charge < -0.3 is 4.90 Å². The van der Waals surface area contributed by atoms with Gasteiger partial charge in [-0.3, -0.25) is 4.79 Å². The van der Waals surface area contributed by atoms with Gasteiger partial charge in [0, 0.05) is 31.1 Å². The van der Waals surface area contributed by atoms with Crippen molar-refractivity contribution in [3.05, 3.63) is 29.8 Å². The fourth-order valence-corrected chi connectivity index (χ4v) is 2.52. The SMILES string of the molecule is CCN(CC1CCCC1=O)c1ccc(C)cc1. The number of rotatable bonds is 4. The minimum Gasteiger partial charge on any atom is -0.371 e. The summed E-state index contributed by atoms with van der Waals surface area (Å²) in [5.74, 6) is 0.715. The van der Waals surface area contributed by atoms with Crippen LogP contribution in [0.1, 0.15) is 31.7 Å². The minimum atomic E-state index is 0.260. The maximum atomic E-state index is 11.7. The van der Waals surface area contributed by atoms with Crippen molar-refractivity contribution in [2.24, 2.45) is 5.92 Å². The van der Waals surface area contributed by atoms with Crippen LogP contribution in [0.5, 0.6) is 0 Å². The second-order valence-corrected chi connectivity index (χ2v) is 4.93. The summed E-state index contributed by atoms with van der Waals surface area (Å²) in [6.45, 7) is 6.10. The highest BCUT2D eigenvalue weighted by Gasteiger charge is 2.26. The average Bonchev–Trinajstić information content (AvgIpc) is 2.73. The van der Waals surface area contributed by atoms with Crippen molar-refractivity contribution in [1.82, 2.24) is 0 Å². The number of benzene rings is 1. The Kier molecular flexibility index (Phi) is 3.82. The molecule has 0 radical (unpaired) electrons. The predicted octanol–water partition coefficient (Wildman–Crippen LogP) is 3.19. The molecule has 1 unspecified atom stereocenters.